The lowest BCUT2D eigenvalue weighted by Crippen LogP contribution is -2.48. The van der Waals surface area contributed by atoms with Crippen molar-refractivity contribution in [1.82, 2.24) is 19.1 Å². The van der Waals surface area contributed by atoms with E-state index in [0.717, 1.165) is 10.1 Å². The molecule has 12 heteroatoms. The van der Waals surface area contributed by atoms with Crippen molar-refractivity contribution in [2.75, 3.05) is 0 Å². The number of nitrogens with zero attached hydrogens (tertiary/aromatic N) is 3. The first-order chi connectivity index (χ1) is 20.9. The van der Waals surface area contributed by atoms with Gasteiger partial charge in [-0.1, -0.05) is 48.0 Å². The van der Waals surface area contributed by atoms with Crippen LogP contribution in [0.2, 0.25) is 0 Å². The van der Waals surface area contributed by atoms with Crippen LogP contribution in [0.3, 0.4) is 0 Å². The summed E-state index contributed by atoms with van der Waals surface area (Å²) in [5.41, 5.74) is -0.540. The smallest absolute Gasteiger partial charge is 0.355 e. The summed E-state index contributed by atoms with van der Waals surface area (Å²) in [5.74, 6) is -0.621. The number of amides is 1. The van der Waals surface area contributed by atoms with E-state index in [9.17, 15) is 22.4 Å². The molecular formula is C32H29FN4O6S. The quantitative estimate of drug-likeness (QED) is 0.241. The average Bonchev–Trinajstić information content (AvgIpc) is 3.33. The lowest BCUT2D eigenvalue weighted by Gasteiger charge is -2.25. The molecule has 5 aromatic rings. The maximum atomic E-state index is 14.8. The predicted molar refractivity (Wildman–Crippen MR) is 161 cm³/mol. The van der Waals surface area contributed by atoms with Crippen molar-refractivity contribution in [3.05, 3.63) is 131 Å². The van der Waals surface area contributed by atoms with Gasteiger partial charge in [0.05, 0.1) is 16.3 Å². The van der Waals surface area contributed by atoms with E-state index in [0.29, 0.717) is 11.4 Å². The molecule has 1 N–H and O–H groups in total. The first-order valence-electron chi connectivity index (χ1n) is 13.5. The topological polar surface area (TPSA) is 122 Å². The number of benzene rings is 4. The number of halogens is 1. The number of hydrogen-bond donors (Lipinski definition) is 1. The van der Waals surface area contributed by atoms with Gasteiger partial charge >= 0.3 is 5.69 Å². The van der Waals surface area contributed by atoms with Crippen molar-refractivity contribution in [3.8, 4) is 22.9 Å². The Balaban J connectivity index is 1.32. The Morgan fingerprint density at radius 1 is 0.886 bits per heavy atom. The minimum absolute atomic E-state index is 0.0352. The fraction of sp³-hybridized carbons (Fsp3) is 0.156. The van der Waals surface area contributed by atoms with Crippen molar-refractivity contribution in [2.24, 2.45) is 0 Å². The van der Waals surface area contributed by atoms with Gasteiger partial charge < -0.3 is 9.47 Å². The molecule has 44 heavy (non-hydrogen) atoms. The standard InChI is InChI=1S/C32H29FN4O6S/c1-22-13-15-23(16-14-22)37-31(39)36(28-12-8-7-11-27(28)33)29(34-37)21-42-24-17-19-25(20-18-24)43-32(2,3)30(38)35-44(40,41)26-9-5-4-6-10-26/h4-20H,21H2,1-3H3,(H,35,38). The summed E-state index contributed by atoms with van der Waals surface area (Å²) in [7, 11) is -4.08. The van der Waals surface area contributed by atoms with Gasteiger partial charge in [0.2, 0.25) is 0 Å². The maximum Gasteiger partial charge on any atom is 0.355 e. The molecule has 0 aliphatic heterocycles. The number of carbonyl (C=O) groups is 1. The van der Waals surface area contributed by atoms with Crippen LogP contribution in [0, 0.1) is 12.7 Å². The van der Waals surface area contributed by atoms with Gasteiger partial charge in [-0.25, -0.2) is 26.9 Å². The van der Waals surface area contributed by atoms with E-state index in [2.05, 4.69) is 5.10 Å². The SMILES string of the molecule is Cc1ccc(-n2nc(COc3ccc(OC(C)(C)C(=O)NS(=O)(=O)c4ccccc4)cc3)n(-c3ccccc3F)c2=O)cc1. The second-order valence-corrected chi connectivity index (χ2v) is 12.0. The van der Waals surface area contributed by atoms with E-state index in [1.807, 2.05) is 23.8 Å². The molecular weight excluding hydrogens is 587 g/mol. The molecule has 10 nitrogen and oxygen atoms in total. The second kappa shape index (κ2) is 12.2. The minimum Gasteiger partial charge on any atom is -0.486 e. The van der Waals surface area contributed by atoms with Crippen LogP contribution in [0.15, 0.2) is 113 Å². The van der Waals surface area contributed by atoms with Crippen molar-refractivity contribution in [1.29, 1.82) is 0 Å². The van der Waals surface area contributed by atoms with Gasteiger partial charge in [0.25, 0.3) is 15.9 Å². The van der Waals surface area contributed by atoms with Crippen LogP contribution in [0.1, 0.15) is 25.2 Å². The molecule has 0 radical (unpaired) electrons. The van der Waals surface area contributed by atoms with Crippen molar-refractivity contribution in [2.45, 2.75) is 37.9 Å². The number of carbonyl (C=O) groups excluding carboxylic acids is 1. The Bertz CT molecular complexity index is 1950. The van der Waals surface area contributed by atoms with Gasteiger partial charge in [-0.2, -0.15) is 4.68 Å². The normalized spacial score (nSPS) is 11.6. The van der Waals surface area contributed by atoms with Crippen LogP contribution in [0.5, 0.6) is 11.5 Å². The Labute approximate surface area is 253 Å². The molecule has 1 amide bonds. The minimum atomic E-state index is -4.08. The number of hydrogen-bond acceptors (Lipinski definition) is 7. The second-order valence-electron chi connectivity index (χ2n) is 10.4. The van der Waals surface area contributed by atoms with E-state index >= 15 is 0 Å². The summed E-state index contributed by atoms with van der Waals surface area (Å²) >= 11 is 0. The fourth-order valence-corrected chi connectivity index (χ4v) is 5.35. The molecule has 0 bridgehead atoms. The highest BCUT2D eigenvalue weighted by molar-refractivity contribution is 7.90. The van der Waals surface area contributed by atoms with Crippen LogP contribution in [-0.4, -0.2) is 34.3 Å². The first-order valence-corrected chi connectivity index (χ1v) is 15.0. The summed E-state index contributed by atoms with van der Waals surface area (Å²) in [6.45, 7) is 4.64. The Morgan fingerprint density at radius 3 is 2.16 bits per heavy atom. The largest absolute Gasteiger partial charge is 0.486 e. The van der Waals surface area contributed by atoms with Crippen LogP contribution in [0.4, 0.5) is 4.39 Å². The number of ether oxygens (including phenoxy) is 2. The molecule has 0 atom stereocenters. The van der Waals surface area contributed by atoms with Gasteiger partial charge in [0.1, 0.15) is 23.9 Å². The molecule has 0 aliphatic carbocycles. The van der Waals surface area contributed by atoms with Gasteiger partial charge in [0, 0.05) is 0 Å². The summed E-state index contributed by atoms with van der Waals surface area (Å²) in [5, 5.41) is 4.44. The van der Waals surface area contributed by atoms with Gasteiger partial charge in [-0.3, -0.25) is 4.79 Å². The summed E-state index contributed by atoms with van der Waals surface area (Å²) in [4.78, 5) is 26.1. The number of nitrogens with one attached hydrogen (secondary N) is 1. The van der Waals surface area contributed by atoms with Gasteiger partial charge in [0.15, 0.2) is 11.4 Å². The monoisotopic (exact) mass is 616 g/mol. The molecule has 1 aromatic heterocycles. The number of rotatable bonds is 10. The Hall–Kier alpha value is -5.23. The molecule has 0 aliphatic rings. The highest BCUT2D eigenvalue weighted by Crippen LogP contribution is 2.24. The third-order valence-electron chi connectivity index (χ3n) is 6.61. The molecule has 226 valence electrons. The average molecular weight is 617 g/mol. The van der Waals surface area contributed by atoms with Crippen LogP contribution >= 0.6 is 0 Å². The summed E-state index contributed by atoms with van der Waals surface area (Å²) in [6.07, 6.45) is 0. The molecule has 5 rings (SSSR count). The van der Waals surface area contributed by atoms with E-state index < -0.39 is 33.0 Å². The van der Waals surface area contributed by atoms with E-state index in [-0.39, 0.29) is 28.8 Å². The number of aryl methyl sites for hydroxylation is 1. The van der Waals surface area contributed by atoms with Crippen LogP contribution in [0.25, 0.3) is 11.4 Å². The van der Waals surface area contributed by atoms with Crippen LogP contribution in [-0.2, 0) is 21.4 Å². The maximum absolute atomic E-state index is 14.8. The molecule has 4 aromatic carbocycles. The van der Waals surface area contributed by atoms with Crippen LogP contribution < -0.4 is 19.9 Å². The van der Waals surface area contributed by atoms with Crippen molar-refractivity contribution in [3.63, 3.8) is 0 Å². The molecule has 0 saturated carbocycles. The van der Waals surface area contributed by atoms with Gasteiger partial charge in [-0.15, -0.1) is 5.10 Å². The van der Waals surface area contributed by atoms with Crippen molar-refractivity contribution < 1.29 is 27.1 Å². The zero-order chi connectivity index (χ0) is 31.5. The lowest BCUT2D eigenvalue weighted by molar-refractivity contribution is -0.132. The zero-order valence-corrected chi connectivity index (χ0v) is 24.9. The number of para-hydroxylation sites is 1. The predicted octanol–water partition coefficient (Wildman–Crippen LogP) is 4.71. The summed E-state index contributed by atoms with van der Waals surface area (Å²) < 4.78 is 56.0. The van der Waals surface area contributed by atoms with E-state index in [1.54, 1.807) is 60.7 Å². The molecule has 0 unspecified atom stereocenters. The van der Waals surface area contributed by atoms with E-state index in [1.165, 1.54) is 48.9 Å². The molecule has 1 heterocycles. The third kappa shape index (κ3) is 6.55. The third-order valence-corrected chi connectivity index (χ3v) is 7.96. The molecule has 0 saturated heterocycles. The number of aromatic nitrogens is 3. The lowest BCUT2D eigenvalue weighted by atomic mass is 10.1. The first kappa shape index (κ1) is 30.2. The van der Waals surface area contributed by atoms with Crippen molar-refractivity contribution >= 4 is 15.9 Å². The molecule has 0 fully saturated rings. The fourth-order valence-electron chi connectivity index (χ4n) is 4.23. The highest BCUT2D eigenvalue weighted by Gasteiger charge is 2.33. The number of sulfonamides is 1. The van der Waals surface area contributed by atoms with E-state index in [4.69, 9.17) is 9.47 Å². The Morgan fingerprint density at radius 2 is 1.50 bits per heavy atom. The zero-order valence-electron chi connectivity index (χ0n) is 24.1. The Kier molecular flexibility index (Phi) is 8.36. The van der Waals surface area contributed by atoms with Gasteiger partial charge in [-0.05, 0) is 81.4 Å². The highest BCUT2D eigenvalue weighted by atomic mass is 32.2. The molecule has 0 spiro atoms. The summed E-state index contributed by atoms with van der Waals surface area (Å²) in [6, 6.07) is 26.9.